The number of hydrogen-bond acceptors (Lipinski definition) is 3. The van der Waals surface area contributed by atoms with E-state index in [1.54, 1.807) is 12.1 Å². The van der Waals surface area contributed by atoms with E-state index in [0.717, 1.165) is 0 Å². The molecule has 1 aromatic carbocycles. The molecule has 0 aliphatic rings. The topological polar surface area (TPSA) is 59.0 Å². The van der Waals surface area contributed by atoms with Crippen LogP contribution in [-0.2, 0) is 6.54 Å². The molecule has 0 aliphatic heterocycles. The monoisotopic (exact) mass is 208 g/mol. The van der Waals surface area contributed by atoms with Crippen molar-refractivity contribution in [1.82, 2.24) is 0 Å². The predicted molar refractivity (Wildman–Crippen MR) is 54.6 cm³/mol. The Kier molecular flexibility index (Phi) is 4.58. The van der Waals surface area contributed by atoms with Crippen LogP contribution in [0.15, 0.2) is 18.2 Å². The average Bonchev–Trinajstić information content (AvgIpc) is 2.26. The number of nitrogens with zero attached hydrogens (tertiary/aromatic N) is 1. The molecule has 80 valence electrons. The molecular formula is C11H13FN2O. The largest absolute Gasteiger partial charge is 0.490 e. The molecule has 0 bridgehead atoms. The molecule has 0 amide bonds. The highest BCUT2D eigenvalue weighted by molar-refractivity contribution is 5.34. The maximum atomic E-state index is 13.3. The zero-order chi connectivity index (χ0) is 11.1. The summed E-state index contributed by atoms with van der Waals surface area (Å²) in [7, 11) is 0. The quantitative estimate of drug-likeness (QED) is 0.752. The number of para-hydroxylation sites is 1. The molecule has 0 aromatic heterocycles. The standard InChI is InChI=1S/C11H13FN2O/c12-10-5-3-4-9(8-14)11(10)15-7-2-1-6-13/h3-5H,1-2,7-8,14H2. The third-order valence-electron chi connectivity index (χ3n) is 1.95. The Morgan fingerprint density at radius 2 is 2.27 bits per heavy atom. The third-order valence-corrected chi connectivity index (χ3v) is 1.95. The van der Waals surface area contributed by atoms with Crippen LogP contribution in [0.4, 0.5) is 4.39 Å². The second-order valence-corrected chi connectivity index (χ2v) is 3.04. The van der Waals surface area contributed by atoms with Gasteiger partial charge in [0.05, 0.1) is 12.7 Å². The molecule has 0 aliphatic carbocycles. The SMILES string of the molecule is N#CCCCOc1c(F)cccc1CN. The molecule has 0 heterocycles. The number of hydrogen-bond donors (Lipinski definition) is 1. The van der Waals surface area contributed by atoms with Crippen LogP contribution in [0.5, 0.6) is 5.75 Å². The molecule has 0 fully saturated rings. The van der Waals surface area contributed by atoms with Crippen LogP contribution in [-0.4, -0.2) is 6.61 Å². The van der Waals surface area contributed by atoms with E-state index in [4.69, 9.17) is 15.7 Å². The lowest BCUT2D eigenvalue weighted by Gasteiger charge is -2.10. The van der Waals surface area contributed by atoms with Gasteiger partial charge in [-0.25, -0.2) is 4.39 Å². The Bertz CT molecular complexity index is 360. The highest BCUT2D eigenvalue weighted by Gasteiger charge is 2.07. The molecule has 1 rings (SSSR count). The summed E-state index contributed by atoms with van der Waals surface area (Å²) in [6.07, 6.45) is 1.00. The number of ether oxygens (including phenoxy) is 1. The Hall–Kier alpha value is -1.60. The molecule has 0 unspecified atom stereocenters. The average molecular weight is 208 g/mol. The van der Waals surface area contributed by atoms with Crippen molar-refractivity contribution in [3.8, 4) is 11.8 Å². The molecule has 0 radical (unpaired) electrons. The molecule has 2 N–H and O–H groups in total. The predicted octanol–water partition coefficient (Wildman–Crippen LogP) is 1.97. The first kappa shape index (κ1) is 11.5. The molecule has 0 saturated carbocycles. The van der Waals surface area contributed by atoms with Gasteiger partial charge in [0.15, 0.2) is 11.6 Å². The minimum absolute atomic E-state index is 0.206. The minimum atomic E-state index is -0.407. The van der Waals surface area contributed by atoms with E-state index in [1.807, 2.05) is 6.07 Å². The molecular weight excluding hydrogens is 195 g/mol. The minimum Gasteiger partial charge on any atom is -0.490 e. The van der Waals surface area contributed by atoms with Crippen molar-refractivity contribution in [2.45, 2.75) is 19.4 Å². The third kappa shape index (κ3) is 3.22. The number of nitrogens with two attached hydrogens (primary N) is 1. The smallest absolute Gasteiger partial charge is 0.165 e. The lowest BCUT2D eigenvalue weighted by molar-refractivity contribution is 0.294. The maximum absolute atomic E-state index is 13.3. The summed E-state index contributed by atoms with van der Waals surface area (Å²) in [6, 6.07) is 6.65. The van der Waals surface area contributed by atoms with Crippen molar-refractivity contribution in [3.63, 3.8) is 0 Å². The Balaban J connectivity index is 2.63. The van der Waals surface area contributed by atoms with Gasteiger partial charge in [0.1, 0.15) is 0 Å². The summed E-state index contributed by atoms with van der Waals surface area (Å²) in [5, 5.41) is 8.32. The van der Waals surface area contributed by atoms with Crippen molar-refractivity contribution in [1.29, 1.82) is 5.26 Å². The van der Waals surface area contributed by atoms with Crippen LogP contribution in [0.25, 0.3) is 0 Å². The van der Waals surface area contributed by atoms with E-state index in [2.05, 4.69) is 0 Å². The fraction of sp³-hybridized carbons (Fsp3) is 0.364. The van der Waals surface area contributed by atoms with Crippen LogP contribution in [0.2, 0.25) is 0 Å². The fourth-order valence-corrected chi connectivity index (χ4v) is 1.20. The van der Waals surface area contributed by atoms with E-state index in [0.29, 0.717) is 25.0 Å². The normalized spacial score (nSPS) is 9.67. The molecule has 0 atom stereocenters. The van der Waals surface area contributed by atoms with Crippen LogP contribution < -0.4 is 10.5 Å². The van der Waals surface area contributed by atoms with E-state index in [-0.39, 0.29) is 12.3 Å². The number of benzene rings is 1. The van der Waals surface area contributed by atoms with E-state index in [9.17, 15) is 4.39 Å². The first-order chi connectivity index (χ1) is 7.29. The van der Waals surface area contributed by atoms with Gasteiger partial charge in [0, 0.05) is 18.5 Å². The summed E-state index contributed by atoms with van der Waals surface area (Å²) in [4.78, 5) is 0. The van der Waals surface area contributed by atoms with Crippen molar-refractivity contribution in [3.05, 3.63) is 29.6 Å². The Labute approximate surface area is 88.3 Å². The van der Waals surface area contributed by atoms with Gasteiger partial charge in [-0.3, -0.25) is 0 Å². The zero-order valence-corrected chi connectivity index (χ0v) is 8.37. The van der Waals surface area contributed by atoms with Crippen LogP contribution in [0.3, 0.4) is 0 Å². The van der Waals surface area contributed by atoms with Gasteiger partial charge in [0.2, 0.25) is 0 Å². The first-order valence-corrected chi connectivity index (χ1v) is 4.76. The number of nitriles is 1. The number of rotatable bonds is 5. The van der Waals surface area contributed by atoms with Gasteiger partial charge in [-0.1, -0.05) is 12.1 Å². The van der Waals surface area contributed by atoms with Gasteiger partial charge in [0.25, 0.3) is 0 Å². The van der Waals surface area contributed by atoms with Gasteiger partial charge in [-0.05, 0) is 12.5 Å². The van der Waals surface area contributed by atoms with Gasteiger partial charge < -0.3 is 10.5 Å². The number of unbranched alkanes of at least 4 members (excludes halogenated alkanes) is 1. The molecule has 0 spiro atoms. The summed E-state index contributed by atoms with van der Waals surface area (Å²) < 4.78 is 18.6. The zero-order valence-electron chi connectivity index (χ0n) is 8.37. The van der Waals surface area contributed by atoms with Gasteiger partial charge in [-0.15, -0.1) is 0 Å². The lowest BCUT2D eigenvalue weighted by Crippen LogP contribution is -2.05. The molecule has 15 heavy (non-hydrogen) atoms. The first-order valence-electron chi connectivity index (χ1n) is 4.76. The molecule has 3 nitrogen and oxygen atoms in total. The molecule has 0 saturated heterocycles. The lowest BCUT2D eigenvalue weighted by atomic mass is 10.2. The molecule has 1 aromatic rings. The van der Waals surface area contributed by atoms with Crippen LogP contribution in [0.1, 0.15) is 18.4 Å². The fourth-order valence-electron chi connectivity index (χ4n) is 1.20. The summed E-state index contributed by atoms with van der Waals surface area (Å²) >= 11 is 0. The maximum Gasteiger partial charge on any atom is 0.165 e. The van der Waals surface area contributed by atoms with Crippen molar-refractivity contribution in [2.75, 3.05) is 6.61 Å². The summed E-state index contributed by atoms with van der Waals surface area (Å²) in [5.74, 6) is -0.201. The second-order valence-electron chi connectivity index (χ2n) is 3.04. The summed E-state index contributed by atoms with van der Waals surface area (Å²) in [6.45, 7) is 0.576. The highest BCUT2D eigenvalue weighted by atomic mass is 19.1. The van der Waals surface area contributed by atoms with E-state index < -0.39 is 5.82 Å². The Morgan fingerprint density at radius 3 is 2.93 bits per heavy atom. The Morgan fingerprint density at radius 1 is 1.47 bits per heavy atom. The molecule has 4 heteroatoms. The van der Waals surface area contributed by atoms with Crippen LogP contribution in [0, 0.1) is 17.1 Å². The second kappa shape index (κ2) is 5.99. The summed E-state index contributed by atoms with van der Waals surface area (Å²) in [5.41, 5.74) is 6.10. The van der Waals surface area contributed by atoms with Gasteiger partial charge in [-0.2, -0.15) is 5.26 Å². The van der Waals surface area contributed by atoms with E-state index in [1.165, 1.54) is 6.07 Å². The van der Waals surface area contributed by atoms with Crippen molar-refractivity contribution in [2.24, 2.45) is 5.73 Å². The van der Waals surface area contributed by atoms with Gasteiger partial charge >= 0.3 is 0 Å². The van der Waals surface area contributed by atoms with Crippen molar-refractivity contribution < 1.29 is 9.13 Å². The van der Waals surface area contributed by atoms with Crippen molar-refractivity contribution >= 4 is 0 Å². The highest BCUT2D eigenvalue weighted by Crippen LogP contribution is 2.22. The van der Waals surface area contributed by atoms with E-state index >= 15 is 0 Å². The number of halogens is 1. The van der Waals surface area contributed by atoms with Crippen LogP contribution >= 0.6 is 0 Å².